The van der Waals surface area contributed by atoms with Crippen molar-refractivity contribution >= 4 is 5.97 Å². The van der Waals surface area contributed by atoms with Gasteiger partial charge in [0.15, 0.2) is 5.72 Å². The minimum atomic E-state index is -0.982. The summed E-state index contributed by atoms with van der Waals surface area (Å²) >= 11 is 0. The minimum Gasteiger partial charge on any atom is -0.508 e. The second-order valence-corrected chi connectivity index (χ2v) is 4.56. The first kappa shape index (κ1) is 14.5. The Labute approximate surface area is 107 Å². The van der Waals surface area contributed by atoms with Crippen LogP contribution in [0.5, 0.6) is 5.75 Å². The van der Waals surface area contributed by atoms with Crippen LogP contribution in [0.15, 0.2) is 24.3 Å². The molecule has 0 aromatic heterocycles. The Morgan fingerprint density at radius 3 is 2.50 bits per heavy atom. The van der Waals surface area contributed by atoms with E-state index in [0.717, 1.165) is 5.56 Å². The molecule has 1 unspecified atom stereocenters. The van der Waals surface area contributed by atoms with Crippen molar-refractivity contribution in [3.63, 3.8) is 0 Å². The van der Waals surface area contributed by atoms with Gasteiger partial charge in [-0.1, -0.05) is 19.1 Å². The number of hydrogen-bond donors (Lipinski definition) is 3. The van der Waals surface area contributed by atoms with E-state index in [1.54, 1.807) is 31.2 Å². The Balaban J connectivity index is 2.57. The Morgan fingerprint density at radius 2 is 2.00 bits per heavy atom. The van der Waals surface area contributed by atoms with Crippen LogP contribution in [-0.4, -0.2) is 22.8 Å². The number of ether oxygens (including phenoxy) is 1. The number of carbonyl (C=O) groups is 1. The first-order valence-electron chi connectivity index (χ1n) is 5.89. The molecule has 0 spiro atoms. The topological polar surface area (TPSA) is 98.6 Å². The number of phenols is 1. The van der Waals surface area contributed by atoms with Gasteiger partial charge in [-0.3, -0.25) is 10.5 Å². The zero-order chi connectivity index (χ0) is 13.8. The normalized spacial score (nSPS) is 15.8. The maximum Gasteiger partial charge on any atom is 0.325 e. The molecule has 18 heavy (non-hydrogen) atoms. The summed E-state index contributed by atoms with van der Waals surface area (Å²) in [6.45, 7) is 3.47. The van der Waals surface area contributed by atoms with E-state index in [-0.39, 0.29) is 5.75 Å². The van der Waals surface area contributed by atoms with Crippen molar-refractivity contribution in [2.45, 2.75) is 38.5 Å². The molecule has 0 radical (unpaired) electrons. The van der Waals surface area contributed by atoms with Gasteiger partial charge >= 0.3 is 5.97 Å². The van der Waals surface area contributed by atoms with E-state index < -0.39 is 17.7 Å². The molecule has 0 saturated carbocycles. The van der Waals surface area contributed by atoms with Crippen molar-refractivity contribution < 1.29 is 14.6 Å². The highest BCUT2D eigenvalue weighted by Gasteiger charge is 2.25. The molecule has 1 aromatic rings. The monoisotopic (exact) mass is 252 g/mol. The zero-order valence-corrected chi connectivity index (χ0v) is 10.7. The SMILES string of the molecule is CCC(C)(N)OC(=O)[C@@H](N)Cc1ccc(O)cc1. The van der Waals surface area contributed by atoms with Crippen LogP contribution < -0.4 is 11.5 Å². The first-order chi connectivity index (χ1) is 8.34. The molecule has 100 valence electrons. The molecule has 0 fully saturated rings. The Bertz CT molecular complexity index is 401. The lowest BCUT2D eigenvalue weighted by atomic mass is 10.1. The lowest BCUT2D eigenvalue weighted by molar-refractivity contribution is -0.159. The Hall–Kier alpha value is -1.59. The molecule has 5 nitrogen and oxygen atoms in total. The molecule has 2 atom stereocenters. The number of aromatic hydroxyl groups is 1. The van der Waals surface area contributed by atoms with Crippen LogP contribution in [0.3, 0.4) is 0 Å². The summed E-state index contributed by atoms with van der Waals surface area (Å²) in [5.74, 6) is -0.342. The van der Waals surface area contributed by atoms with E-state index in [2.05, 4.69) is 0 Å². The van der Waals surface area contributed by atoms with Crippen LogP contribution in [-0.2, 0) is 16.0 Å². The van der Waals surface area contributed by atoms with Gasteiger partial charge in [-0.15, -0.1) is 0 Å². The van der Waals surface area contributed by atoms with Crippen molar-refractivity contribution in [3.05, 3.63) is 29.8 Å². The van der Waals surface area contributed by atoms with Crippen molar-refractivity contribution in [2.75, 3.05) is 0 Å². The van der Waals surface area contributed by atoms with E-state index in [1.807, 2.05) is 6.92 Å². The minimum absolute atomic E-state index is 0.176. The van der Waals surface area contributed by atoms with E-state index in [9.17, 15) is 4.79 Å². The second kappa shape index (κ2) is 5.84. The number of esters is 1. The molecule has 5 N–H and O–H groups in total. The molecule has 0 saturated heterocycles. The molecule has 5 heteroatoms. The number of carbonyl (C=O) groups excluding carboxylic acids is 1. The first-order valence-corrected chi connectivity index (χ1v) is 5.89. The summed E-state index contributed by atoms with van der Waals surface area (Å²) < 4.78 is 5.11. The molecule has 0 bridgehead atoms. The van der Waals surface area contributed by atoms with E-state index in [1.165, 1.54) is 0 Å². The molecule has 0 aliphatic carbocycles. The average molecular weight is 252 g/mol. The third-order valence-electron chi connectivity index (χ3n) is 2.73. The number of phenolic OH excluding ortho intramolecular Hbond substituents is 1. The van der Waals surface area contributed by atoms with Crippen LogP contribution in [0.1, 0.15) is 25.8 Å². The van der Waals surface area contributed by atoms with Crippen LogP contribution >= 0.6 is 0 Å². The molecular weight excluding hydrogens is 232 g/mol. The van der Waals surface area contributed by atoms with Gasteiger partial charge in [-0.05, 0) is 37.5 Å². The fourth-order valence-electron chi connectivity index (χ4n) is 1.35. The molecule has 1 aromatic carbocycles. The standard InChI is InChI=1S/C13H20N2O3/c1-3-13(2,15)18-12(17)11(14)8-9-4-6-10(16)7-5-9/h4-7,11,16H,3,8,14-15H2,1-2H3/t11-,13?/m0/s1. The van der Waals surface area contributed by atoms with Gasteiger partial charge in [0.25, 0.3) is 0 Å². The third kappa shape index (κ3) is 4.35. The highest BCUT2D eigenvalue weighted by atomic mass is 16.6. The fraction of sp³-hybridized carbons (Fsp3) is 0.462. The van der Waals surface area contributed by atoms with E-state index >= 15 is 0 Å². The van der Waals surface area contributed by atoms with Gasteiger partial charge in [-0.25, -0.2) is 0 Å². The van der Waals surface area contributed by atoms with Crippen LogP contribution in [0.25, 0.3) is 0 Å². The molecule has 0 aliphatic rings. The second-order valence-electron chi connectivity index (χ2n) is 4.56. The summed E-state index contributed by atoms with van der Waals surface area (Å²) in [5, 5.41) is 9.15. The summed E-state index contributed by atoms with van der Waals surface area (Å²) in [6, 6.07) is 5.76. The quantitative estimate of drug-likeness (QED) is 0.534. The van der Waals surface area contributed by atoms with Gasteiger partial charge in [0.1, 0.15) is 11.8 Å². The number of benzene rings is 1. The Kier molecular flexibility index (Phi) is 4.69. The van der Waals surface area contributed by atoms with Crippen molar-refractivity contribution in [2.24, 2.45) is 11.5 Å². The predicted molar refractivity (Wildman–Crippen MR) is 68.8 cm³/mol. The molecule has 0 amide bonds. The summed E-state index contributed by atoms with van der Waals surface area (Å²) in [7, 11) is 0. The van der Waals surface area contributed by atoms with Gasteiger partial charge < -0.3 is 15.6 Å². The summed E-state index contributed by atoms with van der Waals surface area (Å²) in [6.07, 6.45) is 0.865. The Morgan fingerprint density at radius 1 is 1.44 bits per heavy atom. The molecule has 0 heterocycles. The fourth-order valence-corrected chi connectivity index (χ4v) is 1.35. The van der Waals surface area contributed by atoms with Crippen LogP contribution in [0.4, 0.5) is 0 Å². The maximum atomic E-state index is 11.7. The van der Waals surface area contributed by atoms with E-state index in [0.29, 0.717) is 12.8 Å². The van der Waals surface area contributed by atoms with Gasteiger partial charge in [0.2, 0.25) is 0 Å². The smallest absolute Gasteiger partial charge is 0.325 e. The van der Waals surface area contributed by atoms with Gasteiger partial charge in [0, 0.05) is 0 Å². The van der Waals surface area contributed by atoms with Gasteiger partial charge in [0.05, 0.1) is 0 Å². The zero-order valence-electron chi connectivity index (χ0n) is 10.7. The number of rotatable bonds is 5. The molecule has 0 aliphatic heterocycles. The van der Waals surface area contributed by atoms with Crippen LogP contribution in [0, 0.1) is 0 Å². The number of hydrogen-bond acceptors (Lipinski definition) is 5. The highest BCUT2D eigenvalue weighted by molar-refractivity contribution is 5.76. The van der Waals surface area contributed by atoms with Crippen LogP contribution in [0.2, 0.25) is 0 Å². The van der Waals surface area contributed by atoms with Crippen molar-refractivity contribution in [1.82, 2.24) is 0 Å². The summed E-state index contributed by atoms with van der Waals surface area (Å²) in [5.41, 5.74) is 11.4. The maximum absolute atomic E-state index is 11.7. The lowest BCUT2D eigenvalue weighted by Crippen LogP contribution is -2.46. The largest absolute Gasteiger partial charge is 0.508 e. The highest BCUT2D eigenvalue weighted by Crippen LogP contribution is 2.13. The predicted octanol–water partition coefficient (Wildman–Crippen LogP) is 0.890. The lowest BCUT2D eigenvalue weighted by Gasteiger charge is -2.25. The third-order valence-corrected chi connectivity index (χ3v) is 2.73. The van der Waals surface area contributed by atoms with Gasteiger partial charge in [-0.2, -0.15) is 0 Å². The van der Waals surface area contributed by atoms with Crippen molar-refractivity contribution in [1.29, 1.82) is 0 Å². The average Bonchev–Trinajstić information content (AvgIpc) is 2.31. The number of nitrogens with two attached hydrogens (primary N) is 2. The summed E-state index contributed by atoms with van der Waals surface area (Å²) in [4.78, 5) is 11.7. The molecular formula is C13H20N2O3. The molecule has 1 rings (SSSR count). The van der Waals surface area contributed by atoms with E-state index in [4.69, 9.17) is 21.3 Å². The van der Waals surface area contributed by atoms with Crippen molar-refractivity contribution in [3.8, 4) is 5.75 Å².